The van der Waals surface area contributed by atoms with Gasteiger partial charge in [0, 0.05) is 29.5 Å². The van der Waals surface area contributed by atoms with Crippen LogP contribution in [0.3, 0.4) is 0 Å². The maximum atomic E-state index is 12.8. The lowest BCUT2D eigenvalue weighted by Gasteiger charge is -2.27. The van der Waals surface area contributed by atoms with Gasteiger partial charge in [0.2, 0.25) is 0 Å². The molecule has 0 saturated carbocycles. The molecule has 110 valence electrons. The first-order valence-corrected chi connectivity index (χ1v) is 7.81. The molecule has 2 rings (SSSR count). The molecule has 1 aromatic carbocycles. The smallest absolute Gasteiger partial charge is 0.255 e. The van der Waals surface area contributed by atoms with Gasteiger partial charge >= 0.3 is 0 Å². The van der Waals surface area contributed by atoms with E-state index in [1.165, 1.54) is 0 Å². The minimum Gasteiger partial charge on any atom is -0.332 e. The summed E-state index contributed by atoms with van der Waals surface area (Å²) in [6.07, 6.45) is 3.49. The number of amides is 1. The van der Waals surface area contributed by atoms with Crippen LogP contribution in [0.15, 0.2) is 47.2 Å². The molecule has 21 heavy (non-hydrogen) atoms. The fourth-order valence-corrected chi connectivity index (χ4v) is 2.55. The second kappa shape index (κ2) is 7.05. The van der Waals surface area contributed by atoms with Crippen LogP contribution in [0.4, 0.5) is 0 Å². The Morgan fingerprint density at radius 2 is 2.14 bits per heavy atom. The molecular weight excluding hydrogens is 352 g/mol. The van der Waals surface area contributed by atoms with Crippen LogP contribution in [-0.4, -0.2) is 21.8 Å². The average molecular weight is 368 g/mol. The summed E-state index contributed by atoms with van der Waals surface area (Å²) in [7, 11) is 0. The van der Waals surface area contributed by atoms with Crippen molar-refractivity contribution >= 4 is 33.4 Å². The van der Waals surface area contributed by atoms with Gasteiger partial charge in [-0.3, -0.25) is 9.78 Å². The molecule has 0 aliphatic rings. The molecule has 0 fully saturated rings. The van der Waals surface area contributed by atoms with Crippen molar-refractivity contribution in [2.24, 2.45) is 0 Å². The van der Waals surface area contributed by atoms with Gasteiger partial charge in [-0.15, -0.1) is 0 Å². The third-order valence-electron chi connectivity index (χ3n) is 3.12. The summed E-state index contributed by atoms with van der Waals surface area (Å²) in [5, 5.41) is 0.458. The van der Waals surface area contributed by atoms with E-state index in [0.29, 0.717) is 17.1 Å². The van der Waals surface area contributed by atoms with Crippen molar-refractivity contribution in [3.05, 3.63) is 63.3 Å². The van der Waals surface area contributed by atoms with E-state index < -0.39 is 0 Å². The number of pyridine rings is 1. The van der Waals surface area contributed by atoms with Gasteiger partial charge in [0.25, 0.3) is 5.91 Å². The molecule has 0 atom stereocenters. The third-order valence-corrected chi connectivity index (χ3v) is 3.94. The predicted octanol–water partition coefficient (Wildman–Crippen LogP) is 4.55. The van der Waals surface area contributed by atoms with Gasteiger partial charge in [0.1, 0.15) is 0 Å². The SMILES string of the molecule is CC(C)N(Cc1cccnc1)C(=O)c1cc(Br)ccc1Cl. The Kier molecular flexibility index (Phi) is 5.37. The van der Waals surface area contributed by atoms with Crippen molar-refractivity contribution in [3.63, 3.8) is 0 Å². The van der Waals surface area contributed by atoms with E-state index in [1.807, 2.05) is 32.0 Å². The molecule has 0 aliphatic carbocycles. The molecule has 0 saturated heterocycles. The number of carbonyl (C=O) groups is 1. The molecule has 0 N–H and O–H groups in total. The van der Waals surface area contributed by atoms with Crippen LogP contribution in [0.5, 0.6) is 0 Å². The summed E-state index contributed by atoms with van der Waals surface area (Å²) in [5.41, 5.74) is 1.49. The summed E-state index contributed by atoms with van der Waals surface area (Å²) in [6, 6.07) is 9.18. The number of rotatable bonds is 4. The summed E-state index contributed by atoms with van der Waals surface area (Å²) in [6.45, 7) is 4.48. The lowest BCUT2D eigenvalue weighted by molar-refractivity contribution is 0.0690. The number of nitrogens with zero attached hydrogens (tertiary/aromatic N) is 2. The maximum Gasteiger partial charge on any atom is 0.255 e. The summed E-state index contributed by atoms with van der Waals surface area (Å²) < 4.78 is 0.834. The maximum absolute atomic E-state index is 12.8. The molecule has 1 amide bonds. The van der Waals surface area contributed by atoms with Gasteiger partial charge in [-0.1, -0.05) is 33.6 Å². The minimum absolute atomic E-state index is 0.0627. The van der Waals surface area contributed by atoms with Crippen molar-refractivity contribution in [2.75, 3.05) is 0 Å². The standard InChI is InChI=1S/C16H16BrClN2O/c1-11(2)20(10-12-4-3-7-19-9-12)16(21)14-8-13(17)5-6-15(14)18/h3-9,11H,10H2,1-2H3. The Balaban J connectivity index is 2.30. The van der Waals surface area contributed by atoms with Crippen LogP contribution in [0.1, 0.15) is 29.8 Å². The normalized spacial score (nSPS) is 10.7. The zero-order valence-electron chi connectivity index (χ0n) is 11.9. The fourth-order valence-electron chi connectivity index (χ4n) is 1.99. The summed E-state index contributed by atoms with van der Waals surface area (Å²) in [5.74, 6) is -0.0832. The zero-order chi connectivity index (χ0) is 15.4. The molecule has 0 radical (unpaired) electrons. The fraction of sp³-hybridized carbons (Fsp3) is 0.250. The highest BCUT2D eigenvalue weighted by Gasteiger charge is 2.21. The number of carbonyl (C=O) groups excluding carboxylic acids is 1. The van der Waals surface area contributed by atoms with Crippen LogP contribution < -0.4 is 0 Å². The molecule has 0 bridgehead atoms. The monoisotopic (exact) mass is 366 g/mol. The van der Waals surface area contributed by atoms with Gasteiger partial charge in [-0.05, 0) is 43.7 Å². The van der Waals surface area contributed by atoms with Crippen molar-refractivity contribution in [3.8, 4) is 0 Å². The average Bonchev–Trinajstić information content (AvgIpc) is 2.47. The highest BCUT2D eigenvalue weighted by molar-refractivity contribution is 9.10. The molecule has 2 aromatic rings. The minimum atomic E-state index is -0.0832. The van der Waals surface area contributed by atoms with Crippen molar-refractivity contribution in [1.82, 2.24) is 9.88 Å². The van der Waals surface area contributed by atoms with Crippen LogP contribution in [0.25, 0.3) is 0 Å². The molecule has 1 heterocycles. The Bertz CT molecular complexity index is 631. The van der Waals surface area contributed by atoms with E-state index in [9.17, 15) is 4.79 Å². The second-order valence-electron chi connectivity index (χ2n) is 5.01. The Labute approximate surface area is 138 Å². The van der Waals surface area contributed by atoms with Crippen LogP contribution in [-0.2, 0) is 6.54 Å². The lowest BCUT2D eigenvalue weighted by atomic mass is 10.1. The van der Waals surface area contributed by atoms with Gasteiger partial charge in [0.05, 0.1) is 10.6 Å². The van der Waals surface area contributed by atoms with E-state index in [4.69, 9.17) is 11.6 Å². The van der Waals surface area contributed by atoms with Gasteiger partial charge in [-0.25, -0.2) is 0 Å². The topological polar surface area (TPSA) is 33.2 Å². The first-order valence-electron chi connectivity index (χ1n) is 6.64. The summed E-state index contributed by atoms with van der Waals surface area (Å²) in [4.78, 5) is 18.6. The van der Waals surface area contributed by atoms with Crippen LogP contribution >= 0.6 is 27.5 Å². The largest absolute Gasteiger partial charge is 0.332 e. The van der Waals surface area contributed by atoms with Crippen molar-refractivity contribution in [1.29, 1.82) is 0 Å². The van der Waals surface area contributed by atoms with E-state index in [2.05, 4.69) is 20.9 Å². The summed E-state index contributed by atoms with van der Waals surface area (Å²) >= 11 is 9.54. The quantitative estimate of drug-likeness (QED) is 0.794. The molecule has 0 aliphatic heterocycles. The first kappa shape index (κ1) is 16.0. The van der Waals surface area contributed by atoms with E-state index >= 15 is 0 Å². The highest BCUT2D eigenvalue weighted by Crippen LogP contribution is 2.24. The number of hydrogen-bond acceptors (Lipinski definition) is 2. The number of benzene rings is 1. The molecule has 3 nitrogen and oxygen atoms in total. The number of halogens is 2. The van der Waals surface area contributed by atoms with Crippen LogP contribution in [0.2, 0.25) is 5.02 Å². The van der Waals surface area contributed by atoms with E-state index in [1.54, 1.807) is 29.4 Å². The van der Waals surface area contributed by atoms with Gasteiger partial charge in [-0.2, -0.15) is 0 Å². The third kappa shape index (κ3) is 4.05. The highest BCUT2D eigenvalue weighted by atomic mass is 79.9. The Morgan fingerprint density at radius 1 is 1.38 bits per heavy atom. The Morgan fingerprint density at radius 3 is 2.76 bits per heavy atom. The van der Waals surface area contributed by atoms with E-state index in [0.717, 1.165) is 10.0 Å². The van der Waals surface area contributed by atoms with Crippen LogP contribution in [0, 0.1) is 0 Å². The van der Waals surface area contributed by atoms with Gasteiger partial charge in [0.15, 0.2) is 0 Å². The molecule has 0 spiro atoms. The van der Waals surface area contributed by atoms with E-state index in [-0.39, 0.29) is 11.9 Å². The number of aromatic nitrogens is 1. The molecule has 0 unspecified atom stereocenters. The van der Waals surface area contributed by atoms with Crippen molar-refractivity contribution in [2.45, 2.75) is 26.4 Å². The number of hydrogen-bond donors (Lipinski definition) is 0. The zero-order valence-corrected chi connectivity index (χ0v) is 14.2. The predicted molar refractivity (Wildman–Crippen MR) is 88.4 cm³/mol. The molecular formula is C16H16BrClN2O. The second-order valence-corrected chi connectivity index (χ2v) is 6.34. The first-order chi connectivity index (χ1) is 9.99. The van der Waals surface area contributed by atoms with Gasteiger partial charge < -0.3 is 4.90 Å². The van der Waals surface area contributed by atoms with Crippen molar-refractivity contribution < 1.29 is 4.79 Å². The Hall–Kier alpha value is -1.39. The lowest BCUT2D eigenvalue weighted by Crippen LogP contribution is -2.36. The molecule has 5 heteroatoms. The molecule has 1 aromatic heterocycles.